The Balaban J connectivity index is 2.90. The fraction of sp³-hybridized carbons (Fsp3) is 0.333. The molecule has 1 N–H and O–H groups in total. The predicted molar refractivity (Wildman–Crippen MR) is 53.2 cm³/mol. The third kappa shape index (κ3) is 3.01. The fourth-order valence-electron chi connectivity index (χ4n) is 1.00. The molecule has 1 aromatic rings. The van der Waals surface area contributed by atoms with Gasteiger partial charge in [0, 0.05) is 6.04 Å². The lowest BCUT2D eigenvalue weighted by atomic mass is 10.3. The minimum Gasteiger partial charge on any atom is -0.283 e. The fourth-order valence-corrected chi connectivity index (χ4v) is 1.48. The third-order valence-electron chi connectivity index (χ3n) is 1.54. The summed E-state index contributed by atoms with van der Waals surface area (Å²) in [4.78, 5) is -0.111. The monoisotopic (exact) mass is 214 g/mol. The van der Waals surface area contributed by atoms with Crippen molar-refractivity contribution in [2.45, 2.75) is 24.8 Å². The normalized spacial score (nSPS) is 11.7. The van der Waals surface area contributed by atoms with Gasteiger partial charge in [-0.1, -0.05) is 0 Å². The largest absolute Gasteiger partial charge is 0.294 e. The Kier molecular flexibility index (Phi) is 3.13. The van der Waals surface area contributed by atoms with Crippen molar-refractivity contribution in [2.75, 3.05) is 0 Å². The number of benzene rings is 1. The quantitative estimate of drug-likeness (QED) is 0.776. The lowest BCUT2D eigenvalue weighted by Gasteiger charge is -2.06. The first-order chi connectivity index (χ1) is 6.39. The van der Waals surface area contributed by atoms with Crippen LogP contribution in [0.4, 0.5) is 5.69 Å². The topological polar surface area (TPSA) is 68.5 Å². The summed E-state index contributed by atoms with van der Waals surface area (Å²) < 4.78 is 30.1. The molecule has 1 radical (unpaired) electrons. The minimum absolute atomic E-state index is 0.111. The minimum atomic E-state index is -4.09. The lowest BCUT2D eigenvalue weighted by molar-refractivity contribution is 0.483. The van der Waals surface area contributed by atoms with Gasteiger partial charge in [0.1, 0.15) is 0 Å². The van der Waals surface area contributed by atoms with Crippen molar-refractivity contribution in [1.29, 1.82) is 0 Å². The van der Waals surface area contributed by atoms with Gasteiger partial charge in [-0.3, -0.25) is 9.87 Å². The van der Waals surface area contributed by atoms with Crippen LogP contribution >= 0.6 is 0 Å². The Bertz CT molecular complexity index is 395. The van der Waals surface area contributed by atoms with Gasteiger partial charge < -0.3 is 0 Å². The van der Waals surface area contributed by atoms with E-state index in [0.29, 0.717) is 5.69 Å². The van der Waals surface area contributed by atoms with Gasteiger partial charge in [0.2, 0.25) is 0 Å². The van der Waals surface area contributed by atoms with E-state index in [4.69, 9.17) is 4.55 Å². The van der Waals surface area contributed by atoms with E-state index >= 15 is 0 Å². The summed E-state index contributed by atoms with van der Waals surface area (Å²) >= 11 is 0. The van der Waals surface area contributed by atoms with E-state index < -0.39 is 10.1 Å². The van der Waals surface area contributed by atoms with Crippen LogP contribution in [-0.4, -0.2) is 19.0 Å². The summed E-state index contributed by atoms with van der Waals surface area (Å²) in [6.07, 6.45) is 0. The summed E-state index contributed by atoms with van der Waals surface area (Å²) in [5.41, 5.74) is 0.701. The maximum Gasteiger partial charge on any atom is 0.294 e. The van der Waals surface area contributed by atoms with Crippen LogP contribution in [0.25, 0.3) is 0 Å². The SMILES string of the molecule is CC(C)[N]c1ccc(S(=O)(=O)O)cc1. The number of rotatable bonds is 3. The van der Waals surface area contributed by atoms with Gasteiger partial charge in [-0.05, 0) is 38.1 Å². The second-order valence-electron chi connectivity index (χ2n) is 3.19. The zero-order valence-electron chi connectivity index (χ0n) is 8.01. The van der Waals surface area contributed by atoms with Crippen LogP contribution in [-0.2, 0) is 10.1 Å². The van der Waals surface area contributed by atoms with Gasteiger partial charge in [0.25, 0.3) is 10.1 Å². The van der Waals surface area contributed by atoms with Crippen LogP contribution < -0.4 is 5.32 Å². The summed E-state index contributed by atoms with van der Waals surface area (Å²) in [6, 6.07) is 5.94. The first-order valence-corrected chi connectivity index (χ1v) is 5.62. The van der Waals surface area contributed by atoms with E-state index in [1.807, 2.05) is 13.8 Å². The molecule has 0 spiro atoms. The maximum absolute atomic E-state index is 10.7. The molecule has 0 aromatic heterocycles. The zero-order chi connectivity index (χ0) is 10.8. The van der Waals surface area contributed by atoms with Crippen molar-refractivity contribution in [1.82, 2.24) is 5.32 Å². The molecule has 1 aromatic carbocycles. The van der Waals surface area contributed by atoms with Crippen LogP contribution in [0.3, 0.4) is 0 Å². The van der Waals surface area contributed by atoms with Crippen molar-refractivity contribution in [3.63, 3.8) is 0 Å². The molecule has 0 atom stereocenters. The highest BCUT2D eigenvalue weighted by atomic mass is 32.2. The second-order valence-corrected chi connectivity index (χ2v) is 4.61. The standard InChI is InChI=1S/C9H12NO3S/c1-7(2)10-8-3-5-9(6-4-8)14(11,12)13/h3-7H,1-2H3,(H,11,12,13). The molecule has 0 aliphatic rings. The van der Waals surface area contributed by atoms with Crippen molar-refractivity contribution in [3.8, 4) is 0 Å². The first kappa shape index (κ1) is 11.0. The molecule has 0 saturated heterocycles. The van der Waals surface area contributed by atoms with Crippen molar-refractivity contribution >= 4 is 15.8 Å². The number of nitrogens with zero attached hydrogens (tertiary/aromatic N) is 1. The molecule has 0 unspecified atom stereocenters. The highest BCUT2D eigenvalue weighted by Gasteiger charge is 2.08. The molecule has 0 amide bonds. The maximum atomic E-state index is 10.7. The van der Waals surface area contributed by atoms with E-state index in [1.54, 1.807) is 12.1 Å². The molecular formula is C9H12NO3S. The van der Waals surface area contributed by atoms with E-state index in [2.05, 4.69) is 5.32 Å². The lowest BCUT2D eigenvalue weighted by Crippen LogP contribution is -2.08. The van der Waals surface area contributed by atoms with Gasteiger partial charge in [0.05, 0.1) is 10.6 Å². The summed E-state index contributed by atoms with van der Waals surface area (Å²) in [5.74, 6) is 0. The molecule has 0 aliphatic heterocycles. The molecule has 4 nitrogen and oxygen atoms in total. The number of hydrogen-bond donors (Lipinski definition) is 1. The van der Waals surface area contributed by atoms with Crippen molar-refractivity contribution in [3.05, 3.63) is 24.3 Å². The third-order valence-corrected chi connectivity index (χ3v) is 2.41. The molecule has 0 bridgehead atoms. The molecule has 0 saturated carbocycles. The van der Waals surface area contributed by atoms with E-state index in [1.165, 1.54) is 12.1 Å². The van der Waals surface area contributed by atoms with Crippen LogP contribution in [0.15, 0.2) is 29.2 Å². The van der Waals surface area contributed by atoms with Gasteiger partial charge in [-0.2, -0.15) is 8.42 Å². The molecule has 0 aliphatic carbocycles. The highest BCUT2D eigenvalue weighted by Crippen LogP contribution is 2.14. The summed E-state index contributed by atoms with van der Waals surface area (Å²) in [6.45, 7) is 3.85. The Morgan fingerprint density at radius 1 is 1.21 bits per heavy atom. The Morgan fingerprint density at radius 2 is 1.71 bits per heavy atom. The average Bonchev–Trinajstić information content (AvgIpc) is 2.02. The van der Waals surface area contributed by atoms with Crippen LogP contribution in [0.2, 0.25) is 0 Å². The average molecular weight is 214 g/mol. The van der Waals surface area contributed by atoms with Crippen molar-refractivity contribution in [2.24, 2.45) is 0 Å². The van der Waals surface area contributed by atoms with Gasteiger partial charge >= 0.3 is 0 Å². The molecule has 14 heavy (non-hydrogen) atoms. The smallest absolute Gasteiger partial charge is 0.283 e. The molecule has 0 fully saturated rings. The first-order valence-electron chi connectivity index (χ1n) is 4.18. The van der Waals surface area contributed by atoms with Crippen LogP contribution in [0.5, 0.6) is 0 Å². The molecular weight excluding hydrogens is 202 g/mol. The van der Waals surface area contributed by atoms with Crippen LogP contribution in [0.1, 0.15) is 13.8 Å². The van der Waals surface area contributed by atoms with E-state index in [0.717, 1.165) is 0 Å². The Hall–Kier alpha value is -1.07. The molecule has 77 valence electrons. The summed E-state index contributed by atoms with van der Waals surface area (Å²) in [5, 5.41) is 4.21. The van der Waals surface area contributed by atoms with Gasteiger partial charge in [-0.15, -0.1) is 0 Å². The van der Waals surface area contributed by atoms with E-state index in [-0.39, 0.29) is 10.9 Å². The Labute approximate surface area is 83.7 Å². The van der Waals surface area contributed by atoms with Crippen LogP contribution in [0, 0.1) is 0 Å². The predicted octanol–water partition coefficient (Wildman–Crippen LogP) is 1.58. The Morgan fingerprint density at radius 3 is 2.07 bits per heavy atom. The molecule has 0 heterocycles. The van der Waals surface area contributed by atoms with E-state index in [9.17, 15) is 8.42 Å². The van der Waals surface area contributed by atoms with Gasteiger partial charge in [-0.25, -0.2) is 0 Å². The zero-order valence-corrected chi connectivity index (χ0v) is 8.82. The molecule has 5 heteroatoms. The van der Waals surface area contributed by atoms with Crippen molar-refractivity contribution < 1.29 is 13.0 Å². The second kappa shape index (κ2) is 3.98. The summed E-state index contributed by atoms with van der Waals surface area (Å²) in [7, 11) is -4.09. The van der Waals surface area contributed by atoms with Gasteiger partial charge in [0.15, 0.2) is 0 Å². The number of hydrogen-bond acceptors (Lipinski definition) is 2. The highest BCUT2D eigenvalue weighted by molar-refractivity contribution is 7.85. The molecule has 1 rings (SSSR count).